The summed E-state index contributed by atoms with van der Waals surface area (Å²) < 4.78 is 7.93. The monoisotopic (exact) mass is 412 g/mol. The highest BCUT2D eigenvalue weighted by molar-refractivity contribution is 8.00. The second-order valence-electron chi connectivity index (χ2n) is 5.32. The Hall–Kier alpha value is -1.33. The molecule has 0 N–H and O–H groups in total. The Morgan fingerprint density at radius 2 is 1.76 bits per heavy atom. The molecule has 3 nitrogen and oxygen atoms in total. The zero-order valence-electron chi connectivity index (χ0n) is 13.1. The van der Waals surface area contributed by atoms with Gasteiger partial charge in [0.2, 0.25) is 0 Å². The Kier molecular flexibility index (Phi) is 6.54. The molecule has 0 aliphatic rings. The van der Waals surface area contributed by atoms with E-state index in [4.69, 9.17) is 39.5 Å². The fourth-order valence-electron chi connectivity index (χ4n) is 2.24. The van der Waals surface area contributed by atoms with Crippen molar-refractivity contribution in [3.63, 3.8) is 0 Å². The van der Waals surface area contributed by atoms with Gasteiger partial charge in [-0.3, -0.25) is 0 Å². The van der Waals surface area contributed by atoms with Crippen molar-refractivity contribution in [2.75, 3.05) is 6.61 Å². The smallest absolute Gasteiger partial charge is 0.119 e. The summed E-state index contributed by atoms with van der Waals surface area (Å²) in [5, 5.41) is 2.06. The number of rotatable bonds is 7. The number of hydrogen-bond acceptors (Lipinski definition) is 3. The summed E-state index contributed by atoms with van der Waals surface area (Å²) in [5.74, 6) is 0.769. The van der Waals surface area contributed by atoms with Crippen molar-refractivity contribution >= 4 is 46.6 Å². The summed E-state index contributed by atoms with van der Waals surface area (Å²) in [6, 6.07) is 12.8. The highest BCUT2D eigenvalue weighted by Crippen LogP contribution is 2.37. The minimum Gasteiger partial charge on any atom is -0.492 e. The quantitative estimate of drug-likeness (QED) is 0.439. The molecule has 3 rings (SSSR count). The van der Waals surface area contributed by atoms with Crippen molar-refractivity contribution in [1.29, 1.82) is 0 Å². The van der Waals surface area contributed by atoms with E-state index in [0.717, 1.165) is 17.2 Å². The number of thioether (sulfide) groups is 1. The first-order valence-electron chi connectivity index (χ1n) is 7.56. The Morgan fingerprint density at radius 1 is 1.04 bits per heavy atom. The molecule has 0 saturated carbocycles. The van der Waals surface area contributed by atoms with E-state index in [1.54, 1.807) is 36.4 Å². The van der Waals surface area contributed by atoms with Crippen LogP contribution >= 0.6 is 46.6 Å². The fourth-order valence-corrected chi connectivity index (χ4v) is 4.10. The highest BCUT2D eigenvalue weighted by atomic mass is 35.5. The van der Waals surface area contributed by atoms with Gasteiger partial charge in [-0.1, -0.05) is 40.9 Å². The van der Waals surface area contributed by atoms with Crippen molar-refractivity contribution in [3.05, 3.63) is 76.3 Å². The van der Waals surface area contributed by atoms with E-state index < -0.39 is 0 Å². The molecule has 2 aromatic carbocycles. The molecular formula is C18H15Cl3N2OS. The molecule has 1 aromatic heterocycles. The van der Waals surface area contributed by atoms with E-state index in [1.165, 1.54) is 0 Å². The minimum atomic E-state index is 0.0993. The van der Waals surface area contributed by atoms with Gasteiger partial charge in [-0.2, -0.15) is 0 Å². The topological polar surface area (TPSA) is 27.1 Å². The van der Waals surface area contributed by atoms with Crippen LogP contribution in [0.4, 0.5) is 0 Å². The number of ether oxygens (including phenoxy) is 1. The number of imidazole rings is 1. The summed E-state index contributed by atoms with van der Waals surface area (Å²) in [6.45, 7) is 1.21. The molecule has 1 atom stereocenters. The van der Waals surface area contributed by atoms with Crippen LogP contribution in [0.3, 0.4) is 0 Å². The second-order valence-corrected chi connectivity index (χ2v) is 7.88. The zero-order valence-corrected chi connectivity index (χ0v) is 16.2. The van der Waals surface area contributed by atoms with E-state index >= 15 is 0 Å². The molecule has 0 aliphatic carbocycles. The molecule has 0 radical (unpaired) electrons. The molecule has 7 heteroatoms. The van der Waals surface area contributed by atoms with Crippen LogP contribution in [-0.4, -0.2) is 21.4 Å². The first kappa shape index (κ1) is 18.5. The number of hydrogen-bond donors (Lipinski definition) is 0. The second kappa shape index (κ2) is 8.86. The predicted molar refractivity (Wildman–Crippen MR) is 105 cm³/mol. The standard InChI is InChI=1S/C18H15Cl3N2OS/c19-13-4-6-14(7-5-13)24-11-15(10-23-9-8-22-12-23)25-18-16(20)2-1-3-17(18)21/h1-9,12,15H,10-11H2. The largest absolute Gasteiger partial charge is 0.492 e. The Bertz CT molecular complexity index is 789. The molecule has 3 aromatic rings. The van der Waals surface area contributed by atoms with Crippen LogP contribution in [0.15, 0.2) is 66.1 Å². The molecule has 130 valence electrons. The maximum absolute atomic E-state index is 6.31. The van der Waals surface area contributed by atoms with Crippen LogP contribution in [0.25, 0.3) is 0 Å². The molecular weight excluding hydrogens is 399 g/mol. The number of nitrogens with zero attached hydrogens (tertiary/aromatic N) is 2. The lowest BCUT2D eigenvalue weighted by molar-refractivity contribution is 0.308. The lowest BCUT2D eigenvalue weighted by Crippen LogP contribution is -2.20. The van der Waals surface area contributed by atoms with E-state index in [1.807, 2.05) is 41.1 Å². The summed E-state index contributed by atoms with van der Waals surface area (Å²) in [4.78, 5) is 4.95. The van der Waals surface area contributed by atoms with Crippen LogP contribution in [-0.2, 0) is 6.54 Å². The van der Waals surface area contributed by atoms with Crippen molar-refractivity contribution in [2.24, 2.45) is 0 Å². The summed E-state index contributed by atoms with van der Waals surface area (Å²) >= 11 is 20.1. The average Bonchev–Trinajstić information content (AvgIpc) is 3.10. The van der Waals surface area contributed by atoms with Crippen molar-refractivity contribution < 1.29 is 4.74 Å². The average molecular weight is 414 g/mol. The van der Waals surface area contributed by atoms with Gasteiger partial charge in [-0.15, -0.1) is 11.8 Å². The maximum Gasteiger partial charge on any atom is 0.119 e. The lowest BCUT2D eigenvalue weighted by atomic mass is 10.3. The molecule has 0 saturated heterocycles. The molecule has 1 heterocycles. The number of benzene rings is 2. The Balaban J connectivity index is 1.73. The molecule has 0 bridgehead atoms. The zero-order chi connectivity index (χ0) is 17.6. The lowest BCUT2D eigenvalue weighted by Gasteiger charge is -2.19. The van der Waals surface area contributed by atoms with Crippen LogP contribution < -0.4 is 4.74 Å². The van der Waals surface area contributed by atoms with Gasteiger partial charge in [-0.25, -0.2) is 4.98 Å². The van der Waals surface area contributed by atoms with Crippen LogP contribution in [0.5, 0.6) is 5.75 Å². The third-order valence-corrected chi connectivity index (χ3v) is 5.83. The van der Waals surface area contributed by atoms with E-state index in [0.29, 0.717) is 21.7 Å². The van der Waals surface area contributed by atoms with Crippen molar-refractivity contribution in [3.8, 4) is 5.75 Å². The fraction of sp³-hybridized carbons (Fsp3) is 0.167. The van der Waals surface area contributed by atoms with E-state index in [-0.39, 0.29) is 5.25 Å². The summed E-state index contributed by atoms with van der Waals surface area (Å²) in [6.07, 6.45) is 5.46. The molecule has 25 heavy (non-hydrogen) atoms. The Morgan fingerprint density at radius 3 is 2.40 bits per heavy atom. The van der Waals surface area contributed by atoms with Gasteiger partial charge >= 0.3 is 0 Å². The first-order valence-corrected chi connectivity index (χ1v) is 9.58. The highest BCUT2D eigenvalue weighted by Gasteiger charge is 2.17. The normalized spacial score (nSPS) is 12.1. The van der Waals surface area contributed by atoms with Gasteiger partial charge in [0.25, 0.3) is 0 Å². The molecule has 0 aliphatic heterocycles. The van der Waals surface area contributed by atoms with Crippen LogP contribution in [0.1, 0.15) is 0 Å². The van der Waals surface area contributed by atoms with Gasteiger partial charge < -0.3 is 9.30 Å². The molecule has 0 spiro atoms. The van der Waals surface area contributed by atoms with E-state index in [9.17, 15) is 0 Å². The molecule has 0 amide bonds. The first-order chi connectivity index (χ1) is 12.1. The predicted octanol–water partition coefficient (Wildman–Crippen LogP) is 6.08. The van der Waals surface area contributed by atoms with Gasteiger partial charge in [-0.05, 0) is 36.4 Å². The van der Waals surface area contributed by atoms with Gasteiger partial charge in [0.15, 0.2) is 0 Å². The minimum absolute atomic E-state index is 0.0993. The maximum atomic E-state index is 6.31. The third-order valence-electron chi connectivity index (χ3n) is 3.43. The Labute approximate surface area is 165 Å². The third kappa shape index (κ3) is 5.32. The van der Waals surface area contributed by atoms with Crippen molar-refractivity contribution in [2.45, 2.75) is 16.7 Å². The van der Waals surface area contributed by atoms with Crippen molar-refractivity contribution in [1.82, 2.24) is 9.55 Å². The summed E-state index contributed by atoms with van der Waals surface area (Å²) in [7, 11) is 0. The molecule has 1 unspecified atom stereocenters. The number of aromatic nitrogens is 2. The van der Waals surface area contributed by atoms with Gasteiger partial charge in [0.05, 0.1) is 21.6 Å². The summed E-state index contributed by atoms with van der Waals surface area (Å²) in [5.41, 5.74) is 0. The van der Waals surface area contributed by atoms with Crippen LogP contribution in [0, 0.1) is 0 Å². The van der Waals surface area contributed by atoms with Gasteiger partial charge in [0.1, 0.15) is 12.4 Å². The molecule has 0 fully saturated rings. The van der Waals surface area contributed by atoms with Gasteiger partial charge in [0, 0.05) is 28.9 Å². The van der Waals surface area contributed by atoms with Crippen LogP contribution in [0.2, 0.25) is 15.1 Å². The van der Waals surface area contributed by atoms with E-state index in [2.05, 4.69) is 4.98 Å². The SMILES string of the molecule is Clc1ccc(OCC(Cn2ccnc2)Sc2c(Cl)cccc2Cl)cc1. The number of halogens is 3.